The third-order valence-electron chi connectivity index (χ3n) is 5.21. The number of hydrogen-bond donors (Lipinski definition) is 2. The number of benzene rings is 3. The molecule has 4 rings (SSSR count). The van der Waals surface area contributed by atoms with Gasteiger partial charge in [0.1, 0.15) is 11.6 Å². The van der Waals surface area contributed by atoms with E-state index in [0.717, 1.165) is 5.56 Å². The largest absolute Gasteiger partial charge is 0.454 e. The Morgan fingerprint density at radius 3 is 2.38 bits per heavy atom. The topological polar surface area (TPSA) is 123 Å². The van der Waals surface area contributed by atoms with E-state index in [1.807, 2.05) is 0 Å². The second-order valence-corrected chi connectivity index (χ2v) is 9.47. The molecule has 0 saturated carbocycles. The molecule has 9 nitrogen and oxygen atoms in total. The van der Waals surface area contributed by atoms with Crippen molar-refractivity contribution in [2.75, 3.05) is 11.9 Å². The molecule has 0 saturated heterocycles. The van der Waals surface area contributed by atoms with Gasteiger partial charge < -0.3 is 14.8 Å². The van der Waals surface area contributed by atoms with Crippen LogP contribution in [0, 0.1) is 0 Å². The highest BCUT2D eigenvalue weighted by atomic mass is 32.2. The third-order valence-corrected chi connectivity index (χ3v) is 6.61. The van der Waals surface area contributed by atoms with Crippen molar-refractivity contribution in [2.45, 2.75) is 24.0 Å². The van der Waals surface area contributed by atoms with Gasteiger partial charge in [-0.1, -0.05) is 54.6 Å². The van der Waals surface area contributed by atoms with Gasteiger partial charge >= 0.3 is 12.6 Å². The zero-order valence-corrected chi connectivity index (χ0v) is 20.0. The second kappa shape index (κ2) is 11.2. The monoisotopic (exact) mass is 529 g/mol. The highest BCUT2D eigenvalue weighted by Gasteiger charge is 2.32. The van der Waals surface area contributed by atoms with Gasteiger partial charge in [0, 0.05) is 12.0 Å². The fourth-order valence-electron chi connectivity index (χ4n) is 3.59. The number of amides is 1. The number of alkyl halides is 2. The molecule has 0 aliphatic carbocycles. The first-order chi connectivity index (χ1) is 17.7. The van der Waals surface area contributed by atoms with Crippen molar-refractivity contribution >= 4 is 33.4 Å². The standard InChI is InChI=1S/C25H21F2N3O6S/c26-25(27)36-20-12-6-5-11-18(20)28-22(31)15-35-24(32)19(14-16-8-2-1-3-9-16)29-23-17-10-4-7-13-21(17)37(33,34)30-23/h1-13,19,25H,14-15H2,(H,28,31)(H,29,30)/t19-/m1/s1. The number of sulfonamides is 1. The first kappa shape index (κ1) is 25.8. The molecule has 3 aromatic carbocycles. The molecule has 0 fully saturated rings. The van der Waals surface area contributed by atoms with Crippen LogP contribution in [0.1, 0.15) is 11.1 Å². The van der Waals surface area contributed by atoms with E-state index < -0.39 is 41.2 Å². The van der Waals surface area contributed by atoms with Crippen LogP contribution in [0.4, 0.5) is 14.5 Å². The van der Waals surface area contributed by atoms with Crippen molar-refractivity contribution in [2.24, 2.45) is 4.99 Å². The SMILES string of the molecule is O=C(COC(=O)[C@@H](Cc1ccccc1)N=C1NS(=O)(=O)c2ccccc21)Nc1ccccc1OC(F)F. The van der Waals surface area contributed by atoms with Crippen LogP contribution in [0.15, 0.2) is 88.8 Å². The summed E-state index contributed by atoms with van der Waals surface area (Å²) >= 11 is 0. The van der Waals surface area contributed by atoms with E-state index in [2.05, 4.69) is 19.8 Å². The molecule has 0 spiro atoms. The number of para-hydroxylation sites is 2. The lowest BCUT2D eigenvalue weighted by molar-refractivity contribution is -0.148. The molecule has 1 heterocycles. The number of nitrogens with one attached hydrogen (secondary N) is 2. The van der Waals surface area contributed by atoms with Gasteiger partial charge in [0.2, 0.25) is 0 Å². The van der Waals surface area contributed by atoms with Crippen LogP contribution in [0.25, 0.3) is 0 Å². The average Bonchev–Trinajstić information content (AvgIpc) is 3.13. The highest BCUT2D eigenvalue weighted by Crippen LogP contribution is 2.26. The van der Waals surface area contributed by atoms with Crippen molar-refractivity contribution in [1.29, 1.82) is 0 Å². The minimum Gasteiger partial charge on any atom is -0.454 e. The number of halogens is 2. The van der Waals surface area contributed by atoms with Crippen LogP contribution in [-0.4, -0.2) is 45.4 Å². The lowest BCUT2D eigenvalue weighted by atomic mass is 10.1. The number of amidine groups is 1. The second-order valence-electron chi connectivity index (χ2n) is 7.82. The highest BCUT2D eigenvalue weighted by molar-refractivity contribution is 7.90. The summed E-state index contributed by atoms with van der Waals surface area (Å²) in [6.07, 6.45) is 0.0692. The van der Waals surface area contributed by atoms with E-state index in [-0.39, 0.29) is 28.6 Å². The van der Waals surface area contributed by atoms with Crippen molar-refractivity contribution < 1.29 is 36.3 Å². The van der Waals surface area contributed by atoms with Crippen LogP contribution in [-0.2, 0) is 30.8 Å². The summed E-state index contributed by atoms with van der Waals surface area (Å²) in [5.74, 6) is -1.95. The Balaban J connectivity index is 1.51. The summed E-state index contributed by atoms with van der Waals surface area (Å²) in [7, 11) is -3.83. The minimum absolute atomic E-state index is 0.0176. The van der Waals surface area contributed by atoms with Gasteiger partial charge in [-0.3, -0.25) is 14.5 Å². The summed E-state index contributed by atoms with van der Waals surface area (Å²) in [6.45, 7) is -3.83. The van der Waals surface area contributed by atoms with Gasteiger partial charge in [0.25, 0.3) is 15.9 Å². The Labute approximate surface area is 211 Å². The van der Waals surface area contributed by atoms with Gasteiger partial charge in [-0.25, -0.2) is 13.2 Å². The summed E-state index contributed by atoms with van der Waals surface area (Å²) < 4.78 is 62.0. The Hall–Kier alpha value is -4.32. The maximum Gasteiger partial charge on any atom is 0.387 e. The van der Waals surface area contributed by atoms with Crippen LogP contribution >= 0.6 is 0 Å². The maximum absolute atomic E-state index is 13.0. The van der Waals surface area contributed by atoms with Crippen molar-refractivity contribution in [3.63, 3.8) is 0 Å². The minimum atomic E-state index is -3.83. The molecule has 0 unspecified atom stereocenters. The number of hydrogen-bond acceptors (Lipinski definition) is 7. The van der Waals surface area contributed by atoms with E-state index in [0.29, 0.717) is 5.56 Å². The number of fused-ring (bicyclic) bond motifs is 1. The van der Waals surface area contributed by atoms with Crippen LogP contribution in [0.3, 0.4) is 0 Å². The van der Waals surface area contributed by atoms with Crippen molar-refractivity contribution in [3.8, 4) is 5.75 Å². The predicted octanol–water partition coefficient (Wildman–Crippen LogP) is 3.12. The van der Waals surface area contributed by atoms with Gasteiger partial charge in [0.05, 0.1) is 10.6 Å². The first-order valence-electron chi connectivity index (χ1n) is 11.0. The summed E-state index contributed by atoms with van der Waals surface area (Å²) in [5, 5.41) is 2.35. The fraction of sp³-hybridized carbons (Fsp3) is 0.160. The number of ether oxygens (including phenoxy) is 2. The molecule has 0 aromatic heterocycles. The fourth-order valence-corrected chi connectivity index (χ4v) is 4.83. The number of carbonyl (C=O) groups is 2. The van der Waals surface area contributed by atoms with E-state index in [9.17, 15) is 26.8 Å². The first-order valence-corrected chi connectivity index (χ1v) is 12.5. The number of nitrogens with zero attached hydrogens (tertiary/aromatic N) is 1. The zero-order valence-electron chi connectivity index (χ0n) is 19.1. The van der Waals surface area contributed by atoms with Gasteiger partial charge in [-0.2, -0.15) is 8.78 Å². The Bertz CT molecular complexity index is 1430. The molecule has 192 valence electrons. The van der Waals surface area contributed by atoms with E-state index in [4.69, 9.17) is 4.74 Å². The molecular weight excluding hydrogens is 508 g/mol. The van der Waals surface area contributed by atoms with Crippen LogP contribution in [0.5, 0.6) is 5.75 Å². The number of rotatable bonds is 9. The molecule has 1 amide bonds. The number of anilines is 1. The van der Waals surface area contributed by atoms with Gasteiger partial charge in [-0.15, -0.1) is 0 Å². The normalized spacial score (nSPS) is 15.5. The summed E-state index contributed by atoms with van der Waals surface area (Å²) in [6, 6.07) is 19.4. The number of esters is 1. The van der Waals surface area contributed by atoms with E-state index in [1.54, 1.807) is 48.5 Å². The number of carbonyl (C=O) groups excluding carboxylic acids is 2. The molecule has 1 atom stereocenters. The molecule has 12 heteroatoms. The number of aliphatic imine (C=N–C) groups is 1. The molecule has 0 bridgehead atoms. The maximum atomic E-state index is 13.0. The van der Waals surface area contributed by atoms with E-state index >= 15 is 0 Å². The Morgan fingerprint density at radius 2 is 1.62 bits per heavy atom. The van der Waals surface area contributed by atoms with Crippen molar-refractivity contribution in [1.82, 2.24) is 4.72 Å². The molecule has 37 heavy (non-hydrogen) atoms. The molecular formula is C25H21F2N3O6S. The molecule has 2 N–H and O–H groups in total. The quantitative estimate of drug-likeness (QED) is 0.411. The smallest absolute Gasteiger partial charge is 0.387 e. The average molecular weight is 530 g/mol. The third kappa shape index (κ3) is 6.47. The lowest BCUT2D eigenvalue weighted by Gasteiger charge is -2.15. The summed E-state index contributed by atoms with van der Waals surface area (Å²) in [4.78, 5) is 29.7. The Morgan fingerprint density at radius 1 is 0.946 bits per heavy atom. The van der Waals surface area contributed by atoms with E-state index in [1.165, 1.54) is 30.3 Å². The molecule has 3 aromatic rings. The molecule has 1 aliphatic heterocycles. The van der Waals surface area contributed by atoms with Crippen LogP contribution in [0.2, 0.25) is 0 Å². The molecule has 1 aliphatic rings. The van der Waals surface area contributed by atoms with Gasteiger partial charge in [0.15, 0.2) is 12.6 Å². The predicted molar refractivity (Wildman–Crippen MR) is 130 cm³/mol. The van der Waals surface area contributed by atoms with Gasteiger partial charge in [-0.05, 0) is 29.8 Å². The Kier molecular flexibility index (Phi) is 7.77. The molecule has 0 radical (unpaired) electrons. The van der Waals surface area contributed by atoms with Crippen molar-refractivity contribution in [3.05, 3.63) is 90.0 Å². The van der Waals surface area contributed by atoms with Crippen LogP contribution < -0.4 is 14.8 Å². The zero-order chi connectivity index (χ0) is 26.4. The summed E-state index contributed by atoms with van der Waals surface area (Å²) in [5.41, 5.74) is 1.01. The lowest BCUT2D eigenvalue weighted by Crippen LogP contribution is -2.31.